The second-order valence-electron chi connectivity index (χ2n) is 5.89. The van der Waals surface area contributed by atoms with Crippen molar-refractivity contribution in [2.45, 2.75) is 39.7 Å². The zero-order valence-electron chi connectivity index (χ0n) is 14.4. The summed E-state index contributed by atoms with van der Waals surface area (Å²) in [5.41, 5.74) is 8.55. The lowest BCUT2D eigenvalue weighted by Gasteiger charge is -2.17. The van der Waals surface area contributed by atoms with E-state index in [2.05, 4.69) is 24.1 Å². The molecule has 6 heteroatoms. The number of carbonyl (C=O) groups is 1. The van der Waals surface area contributed by atoms with Gasteiger partial charge in [0.2, 0.25) is 0 Å². The van der Waals surface area contributed by atoms with Crippen molar-refractivity contribution in [2.75, 3.05) is 11.1 Å². The predicted octanol–water partition coefficient (Wildman–Crippen LogP) is 3.92. The molecule has 0 aliphatic heterocycles. The smallest absolute Gasteiger partial charge is 0.265 e. The average Bonchev–Trinajstić information content (AvgIpc) is 2.49. The number of halogens is 1. The first kappa shape index (κ1) is 19.8. The number of nitrogens with two attached hydrogens (primary N) is 1. The van der Waals surface area contributed by atoms with Gasteiger partial charge in [-0.15, -0.1) is 12.4 Å². The van der Waals surface area contributed by atoms with Gasteiger partial charge in [0.25, 0.3) is 5.91 Å². The zero-order chi connectivity index (χ0) is 17.0. The fourth-order valence-electron chi connectivity index (χ4n) is 2.35. The number of anilines is 2. The van der Waals surface area contributed by atoms with Gasteiger partial charge >= 0.3 is 0 Å². The highest BCUT2D eigenvalue weighted by atomic mass is 35.5. The molecule has 0 aliphatic rings. The number of ether oxygens (including phenoxy) is 1. The highest BCUT2D eigenvalue weighted by Gasteiger charge is 2.15. The number of aromatic nitrogens is 1. The van der Waals surface area contributed by atoms with Gasteiger partial charge in [-0.2, -0.15) is 0 Å². The summed E-state index contributed by atoms with van der Waals surface area (Å²) in [4.78, 5) is 16.1. The first-order valence-corrected chi connectivity index (χ1v) is 7.66. The molecule has 1 amide bonds. The van der Waals surface area contributed by atoms with Crippen LogP contribution in [0.1, 0.15) is 37.8 Å². The summed E-state index contributed by atoms with van der Waals surface area (Å²) in [6.07, 6.45) is 0.901. The van der Waals surface area contributed by atoms with Crippen LogP contribution in [-0.4, -0.2) is 17.0 Å². The van der Waals surface area contributed by atoms with Crippen molar-refractivity contribution in [3.63, 3.8) is 0 Å². The average molecular weight is 350 g/mol. The fourth-order valence-corrected chi connectivity index (χ4v) is 2.35. The summed E-state index contributed by atoms with van der Waals surface area (Å²) in [7, 11) is 0. The Morgan fingerprint density at radius 3 is 2.46 bits per heavy atom. The van der Waals surface area contributed by atoms with Crippen LogP contribution in [0.5, 0.6) is 5.75 Å². The number of pyridine rings is 1. The van der Waals surface area contributed by atoms with Crippen LogP contribution >= 0.6 is 12.4 Å². The minimum atomic E-state index is -0.614. The number of amides is 1. The van der Waals surface area contributed by atoms with Gasteiger partial charge in [0.15, 0.2) is 6.10 Å². The maximum absolute atomic E-state index is 12.2. The van der Waals surface area contributed by atoms with Crippen LogP contribution in [0, 0.1) is 6.92 Å². The number of benzene rings is 1. The van der Waals surface area contributed by atoms with E-state index in [0.717, 1.165) is 5.56 Å². The maximum Gasteiger partial charge on any atom is 0.265 e. The first-order valence-electron chi connectivity index (χ1n) is 7.66. The van der Waals surface area contributed by atoms with Gasteiger partial charge in [-0.05, 0) is 55.2 Å². The Kier molecular flexibility index (Phi) is 7.04. The molecule has 1 aromatic heterocycles. The zero-order valence-corrected chi connectivity index (χ0v) is 15.2. The Bertz CT molecular complexity index is 687. The van der Waals surface area contributed by atoms with Gasteiger partial charge < -0.3 is 15.8 Å². The molecule has 0 bridgehead atoms. The van der Waals surface area contributed by atoms with Crippen LogP contribution in [0.4, 0.5) is 11.5 Å². The maximum atomic E-state index is 12.2. The molecule has 2 aromatic rings. The van der Waals surface area contributed by atoms with Crippen molar-refractivity contribution in [1.29, 1.82) is 0 Å². The van der Waals surface area contributed by atoms with E-state index in [-0.39, 0.29) is 18.3 Å². The van der Waals surface area contributed by atoms with Crippen molar-refractivity contribution in [3.8, 4) is 5.75 Å². The van der Waals surface area contributed by atoms with Crippen molar-refractivity contribution in [3.05, 3.63) is 47.7 Å². The highest BCUT2D eigenvalue weighted by Crippen LogP contribution is 2.24. The molecular formula is C18H24ClN3O2. The lowest BCUT2D eigenvalue weighted by atomic mass is 9.98. The Morgan fingerprint density at radius 1 is 1.21 bits per heavy atom. The lowest BCUT2D eigenvalue weighted by Crippen LogP contribution is -2.30. The predicted molar refractivity (Wildman–Crippen MR) is 99.9 cm³/mol. The Balaban J connectivity index is 0.00000288. The standard InChI is InChI=1S/C18H23N3O2.ClH/c1-11(2)16-7-6-15(9-12(16)3)23-13(4)18(22)21-14-5-8-17(19)20-10-14;/h5-11,13H,1-4H3,(H2,19,20)(H,21,22);1H. The van der Waals surface area contributed by atoms with Gasteiger partial charge in [0.1, 0.15) is 11.6 Å². The molecular weight excluding hydrogens is 326 g/mol. The summed E-state index contributed by atoms with van der Waals surface area (Å²) >= 11 is 0. The van der Waals surface area contributed by atoms with Crippen molar-refractivity contribution < 1.29 is 9.53 Å². The molecule has 1 aromatic carbocycles. The van der Waals surface area contributed by atoms with Crippen LogP contribution in [0.3, 0.4) is 0 Å². The van der Waals surface area contributed by atoms with Crippen LogP contribution in [0.15, 0.2) is 36.5 Å². The van der Waals surface area contributed by atoms with E-state index in [4.69, 9.17) is 10.5 Å². The fraction of sp³-hybridized carbons (Fsp3) is 0.333. The third-order valence-electron chi connectivity index (χ3n) is 3.60. The van der Waals surface area contributed by atoms with E-state index >= 15 is 0 Å². The quantitative estimate of drug-likeness (QED) is 0.857. The topological polar surface area (TPSA) is 77.2 Å². The van der Waals surface area contributed by atoms with Crippen LogP contribution in [0.2, 0.25) is 0 Å². The van der Waals surface area contributed by atoms with Crippen LogP contribution < -0.4 is 15.8 Å². The van der Waals surface area contributed by atoms with Gasteiger partial charge in [-0.25, -0.2) is 4.98 Å². The third-order valence-corrected chi connectivity index (χ3v) is 3.60. The van der Waals surface area contributed by atoms with E-state index in [0.29, 0.717) is 23.2 Å². The van der Waals surface area contributed by atoms with Gasteiger partial charge in [-0.1, -0.05) is 19.9 Å². The number of nitrogen functional groups attached to an aromatic ring is 1. The normalized spacial score (nSPS) is 11.5. The second kappa shape index (κ2) is 8.55. The number of carbonyl (C=O) groups excluding carboxylic acids is 1. The molecule has 0 aliphatic carbocycles. The number of nitrogens with zero attached hydrogens (tertiary/aromatic N) is 1. The summed E-state index contributed by atoms with van der Waals surface area (Å²) in [5, 5.41) is 2.75. The van der Waals surface area contributed by atoms with E-state index in [1.165, 1.54) is 11.8 Å². The van der Waals surface area contributed by atoms with E-state index in [1.54, 1.807) is 19.1 Å². The highest BCUT2D eigenvalue weighted by molar-refractivity contribution is 5.94. The van der Waals surface area contributed by atoms with E-state index in [1.807, 2.05) is 25.1 Å². The monoisotopic (exact) mass is 349 g/mol. The van der Waals surface area contributed by atoms with E-state index in [9.17, 15) is 4.79 Å². The molecule has 0 saturated carbocycles. The minimum absolute atomic E-state index is 0. The van der Waals surface area contributed by atoms with Gasteiger partial charge in [0, 0.05) is 0 Å². The summed E-state index contributed by atoms with van der Waals surface area (Å²) in [5.74, 6) is 1.32. The molecule has 0 spiro atoms. The van der Waals surface area contributed by atoms with Gasteiger partial charge in [-0.3, -0.25) is 4.79 Å². The molecule has 0 saturated heterocycles. The molecule has 24 heavy (non-hydrogen) atoms. The third kappa shape index (κ3) is 5.13. The van der Waals surface area contributed by atoms with Crippen molar-refractivity contribution in [2.24, 2.45) is 0 Å². The second-order valence-corrected chi connectivity index (χ2v) is 5.89. The summed E-state index contributed by atoms with van der Waals surface area (Å²) in [6.45, 7) is 8.07. The van der Waals surface area contributed by atoms with Crippen molar-refractivity contribution in [1.82, 2.24) is 4.98 Å². The summed E-state index contributed by atoms with van der Waals surface area (Å²) < 4.78 is 5.73. The largest absolute Gasteiger partial charge is 0.481 e. The molecule has 0 radical (unpaired) electrons. The number of aryl methyl sites for hydroxylation is 1. The number of hydrogen-bond donors (Lipinski definition) is 2. The Hall–Kier alpha value is -2.27. The Labute approximate surface area is 149 Å². The number of hydrogen-bond acceptors (Lipinski definition) is 4. The molecule has 130 valence electrons. The molecule has 2 rings (SSSR count). The molecule has 0 fully saturated rings. The molecule has 5 nitrogen and oxygen atoms in total. The molecule has 1 heterocycles. The lowest BCUT2D eigenvalue weighted by molar-refractivity contribution is -0.122. The summed E-state index contributed by atoms with van der Waals surface area (Å²) in [6, 6.07) is 9.24. The van der Waals surface area contributed by atoms with Crippen molar-refractivity contribution >= 4 is 29.8 Å². The molecule has 1 atom stereocenters. The SMILES string of the molecule is Cc1cc(OC(C)C(=O)Nc2ccc(N)nc2)ccc1C(C)C.Cl. The molecule has 1 unspecified atom stereocenters. The minimum Gasteiger partial charge on any atom is -0.481 e. The van der Waals surface area contributed by atoms with Crippen LogP contribution in [0.25, 0.3) is 0 Å². The van der Waals surface area contributed by atoms with Gasteiger partial charge in [0.05, 0.1) is 11.9 Å². The van der Waals surface area contributed by atoms with Crippen LogP contribution in [-0.2, 0) is 4.79 Å². The first-order chi connectivity index (χ1) is 10.9. The number of nitrogens with one attached hydrogen (secondary N) is 1. The molecule has 3 N–H and O–H groups in total. The number of rotatable bonds is 5. The Morgan fingerprint density at radius 2 is 1.92 bits per heavy atom. The van der Waals surface area contributed by atoms with E-state index < -0.39 is 6.10 Å².